The van der Waals surface area contributed by atoms with Gasteiger partial charge in [-0.25, -0.2) is 4.79 Å². The molecular formula is C19H23NO3S. The predicted molar refractivity (Wildman–Crippen MR) is 99.3 cm³/mol. The fraction of sp³-hybridized carbons (Fsp3) is 0.316. The first kappa shape index (κ1) is 18.2. The topological polar surface area (TPSA) is 66.4 Å². The molecular weight excluding hydrogens is 322 g/mol. The van der Waals surface area contributed by atoms with Crippen molar-refractivity contribution in [1.29, 1.82) is 0 Å². The van der Waals surface area contributed by atoms with Crippen LogP contribution in [0, 0.1) is 6.92 Å². The number of carboxylic acid groups (broad SMARTS) is 1. The number of unbranched alkanes of at least 4 members (excludes halogenated alkanes) is 1. The van der Waals surface area contributed by atoms with Crippen LogP contribution in [0.1, 0.15) is 35.7 Å². The average Bonchev–Trinajstić information content (AvgIpc) is 2.55. The van der Waals surface area contributed by atoms with E-state index in [0.717, 1.165) is 41.8 Å². The molecule has 0 aliphatic rings. The average molecular weight is 345 g/mol. The molecule has 2 aromatic rings. The van der Waals surface area contributed by atoms with E-state index in [-0.39, 0.29) is 5.56 Å². The van der Waals surface area contributed by atoms with Gasteiger partial charge in [-0.1, -0.05) is 43.2 Å². The van der Waals surface area contributed by atoms with Crippen molar-refractivity contribution < 1.29 is 14.1 Å². The van der Waals surface area contributed by atoms with Crippen LogP contribution in [0.5, 0.6) is 0 Å². The third kappa shape index (κ3) is 4.23. The third-order valence-corrected chi connectivity index (χ3v) is 4.79. The maximum Gasteiger partial charge on any atom is 0.335 e. The van der Waals surface area contributed by atoms with E-state index >= 15 is 0 Å². The number of aromatic carboxylic acids is 1. The lowest BCUT2D eigenvalue weighted by Gasteiger charge is -2.17. The summed E-state index contributed by atoms with van der Waals surface area (Å²) in [5.74, 6) is -1.02. The van der Waals surface area contributed by atoms with E-state index in [1.54, 1.807) is 12.3 Å². The zero-order valence-corrected chi connectivity index (χ0v) is 15.1. The van der Waals surface area contributed by atoms with E-state index in [1.807, 2.05) is 31.2 Å². The summed E-state index contributed by atoms with van der Waals surface area (Å²) < 4.78 is 12.3. The van der Waals surface area contributed by atoms with Gasteiger partial charge in [-0.05, 0) is 31.0 Å². The summed E-state index contributed by atoms with van der Waals surface area (Å²) in [6.07, 6.45) is 3.60. The second-order valence-electron chi connectivity index (χ2n) is 5.80. The zero-order valence-electron chi connectivity index (χ0n) is 14.3. The maximum absolute atomic E-state index is 12.3. The van der Waals surface area contributed by atoms with E-state index < -0.39 is 16.8 Å². The molecule has 0 radical (unpaired) electrons. The van der Waals surface area contributed by atoms with Crippen LogP contribution >= 0.6 is 0 Å². The Labute approximate surface area is 145 Å². The number of anilines is 1. The van der Waals surface area contributed by atoms with Crippen LogP contribution in [0.25, 0.3) is 11.1 Å². The Hall–Kier alpha value is -2.14. The number of carbonyl (C=O) groups is 1. The van der Waals surface area contributed by atoms with Gasteiger partial charge in [0, 0.05) is 28.9 Å². The van der Waals surface area contributed by atoms with Crippen LogP contribution < -0.4 is 5.32 Å². The van der Waals surface area contributed by atoms with Gasteiger partial charge in [0.15, 0.2) is 0 Å². The highest BCUT2D eigenvalue weighted by atomic mass is 32.2. The molecule has 0 heterocycles. The minimum Gasteiger partial charge on any atom is -0.478 e. The molecule has 1 atom stereocenters. The first-order valence-corrected chi connectivity index (χ1v) is 9.55. The number of benzene rings is 2. The van der Waals surface area contributed by atoms with Gasteiger partial charge in [0.1, 0.15) is 0 Å². The van der Waals surface area contributed by atoms with Crippen molar-refractivity contribution in [2.75, 3.05) is 18.1 Å². The number of rotatable bonds is 7. The highest BCUT2D eigenvalue weighted by Gasteiger charge is 2.18. The van der Waals surface area contributed by atoms with Crippen molar-refractivity contribution in [2.45, 2.75) is 31.6 Å². The number of hydrogen-bond donors (Lipinski definition) is 2. The van der Waals surface area contributed by atoms with Crippen LogP contribution in [0.4, 0.5) is 5.69 Å². The van der Waals surface area contributed by atoms with Crippen LogP contribution in [0.15, 0.2) is 41.3 Å². The van der Waals surface area contributed by atoms with Crippen molar-refractivity contribution in [3.05, 3.63) is 47.5 Å². The molecule has 1 unspecified atom stereocenters. The fourth-order valence-electron chi connectivity index (χ4n) is 2.52. The van der Waals surface area contributed by atoms with Gasteiger partial charge >= 0.3 is 5.97 Å². The van der Waals surface area contributed by atoms with Gasteiger partial charge in [-0.2, -0.15) is 0 Å². The Morgan fingerprint density at radius 2 is 1.88 bits per heavy atom. The van der Waals surface area contributed by atoms with E-state index in [0.29, 0.717) is 4.90 Å². The maximum atomic E-state index is 12.3. The highest BCUT2D eigenvalue weighted by Crippen LogP contribution is 2.35. The number of nitrogens with one attached hydrogen (secondary N) is 1. The molecule has 2 N–H and O–H groups in total. The summed E-state index contributed by atoms with van der Waals surface area (Å²) >= 11 is 0. The minimum absolute atomic E-state index is 0.148. The van der Waals surface area contributed by atoms with E-state index in [9.17, 15) is 14.1 Å². The SMILES string of the molecule is CCCCNc1cc(C(=O)O)cc(S(C)=O)c1-c1ccc(C)cc1. The van der Waals surface area contributed by atoms with Gasteiger partial charge < -0.3 is 10.4 Å². The van der Waals surface area contributed by atoms with Crippen LogP contribution in [-0.4, -0.2) is 28.1 Å². The Balaban J connectivity index is 2.64. The first-order chi connectivity index (χ1) is 11.4. The van der Waals surface area contributed by atoms with Crippen LogP contribution in [-0.2, 0) is 10.8 Å². The standard InChI is InChI=1S/C19H23NO3S/c1-4-5-10-20-16-11-15(19(21)22)12-17(24(3)23)18(16)14-8-6-13(2)7-9-14/h6-9,11-12,20H,4-5,10H2,1-3H3,(H,21,22). The van der Waals surface area contributed by atoms with Crippen molar-refractivity contribution in [3.63, 3.8) is 0 Å². The normalized spacial score (nSPS) is 12.0. The van der Waals surface area contributed by atoms with Crippen LogP contribution in [0.3, 0.4) is 0 Å². The van der Waals surface area contributed by atoms with Gasteiger partial charge in [0.05, 0.1) is 16.4 Å². The quantitative estimate of drug-likeness (QED) is 0.734. The van der Waals surface area contributed by atoms with Gasteiger partial charge in [-0.3, -0.25) is 4.21 Å². The Kier molecular flexibility index (Phi) is 6.15. The number of carboxylic acids is 1. The summed E-state index contributed by atoms with van der Waals surface area (Å²) in [5, 5.41) is 12.7. The lowest BCUT2D eigenvalue weighted by molar-refractivity contribution is 0.0696. The Morgan fingerprint density at radius 3 is 2.42 bits per heavy atom. The smallest absolute Gasteiger partial charge is 0.335 e. The lowest BCUT2D eigenvalue weighted by atomic mass is 10.00. The second kappa shape index (κ2) is 8.11. The zero-order chi connectivity index (χ0) is 17.7. The first-order valence-electron chi connectivity index (χ1n) is 7.99. The second-order valence-corrected chi connectivity index (χ2v) is 7.15. The molecule has 2 aromatic carbocycles. The molecule has 0 amide bonds. The summed E-state index contributed by atoms with van der Waals surface area (Å²) in [4.78, 5) is 12.0. The van der Waals surface area contributed by atoms with Crippen molar-refractivity contribution in [2.24, 2.45) is 0 Å². The molecule has 5 heteroatoms. The molecule has 0 aliphatic heterocycles. The highest BCUT2D eigenvalue weighted by molar-refractivity contribution is 7.84. The summed E-state index contributed by atoms with van der Waals surface area (Å²) in [5.41, 5.74) is 3.76. The molecule has 0 saturated carbocycles. The molecule has 0 spiro atoms. The predicted octanol–water partition coefficient (Wildman–Crippen LogP) is 4.31. The van der Waals surface area contributed by atoms with Crippen molar-refractivity contribution >= 4 is 22.5 Å². The summed E-state index contributed by atoms with van der Waals surface area (Å²) in [7, 11) is -1.29. The van der Waals surface area contributed by atoms with Gasteiger partial charge in [0.25, 0.3) is 0 Å². The molecule has 0 aromatic heterocycles. The third-order valence-electron chi connectivity index (χ3n) is 3.84. The molecule has 0 aliphatic carbocycles. The van der Waals surface area contributed by atoms with Gasteiger partial charge in [-0.15, -0.1) is 0 Å². The Morgan fingerprint density at radius 1 is 1.21 bits per heavy atom. The monoisotopic (exact) mass is 345 g/mol. The van der Waals surface area contributed by atoms with E-state index in [2.05, 4.69) is 12.2 Å². The van der Waals surface area contributed by atoms with Crippen molar-refractivity contribution in [3.8, 4) is 11.1 Å². The molecule has 0 bridgehead atoms. The Bertz CT molecular complexity index is 754. The fourth-order valence-corrected chi connectivity index (χ4v) is 3.33. The molecule has 4 nitrogen and oxygen atoms in total. The minimum atomic E-state index is -1.29. The molecule has 2 rings (SSSR count). The summed E-state index contributed by atoms with van der Waals surface area (Å²) in [6, 6.07) is 11.1. The van der Waals surface area contributed by atoms with E-state index in [4.69, 9.17) is 0 Å². The molecule has 24 heavy (non-hydrogen) atoms. The van der Waals surface area contributed by atoms with Crippen molar-refractivity contribution in [1.82, 2.24) is 0 Å². The molecule has 0 fully saturated rings. The molecule has 0 saturated heterocycles. The summed E-state index contributed by atoms with van der Waals surface area (Å²) in [6.45, 7) is 4.85. The van der Waals surface area contributed by atoms with E-state index in [1.165, 1.54) is 6.07 Å². The van der Waals surface area contributed by atoms with Gasteiger partial charge in [0.2, 0.25) is 0 Å². The lowest BCUT2D eigenvalue weighted by Crippen LogP contribution is -2.08. The number of aryl methyl sites for hydroxylation is 1. The number of hydrogen-bond acceptors (Lipinski definition) is 3. The largest absolute Gasteiger partial charge is 0.478 e. The molecule has 128 valence electrons. The van der Waals surface area contributed by atoms with Crippen LogP contribution in [0.2, 0.25) is 0 Å².